The number of pyridine rings is 1. The Kier molecular flexibility index (Phi) is 8.61. The Hall–Kier alpha value is -4.14. The van der Waals surface area contributed by atoms with Gasteiger partial charge in [0.2, 0.25) is 5.88 Å². The molecule has 15 heteroatoms. The lowest BCUT2D eigenvalue weighted by molar-refractivity contribution is -0.137. The number of urea groups is 1. The van der Waals surface area contributed by atoms with E-state index in [-0.39, 0.29) is 55.2 Å². The van der Waals surface area contributed by atoms with Gasteiger partial charge in [0, 0.05) is 37.6 Å². The van der Waals surface area contributed by atoms with Crippen LogP contribution < -0.4 is 24.6 Å². The molecule has 1 saturated heterocycles. The Labute approximate surface area is 230 Å². The van der Waals surface area contributed by atoms with Crippen LogP contribution in [0.25, 0.3) is 0 Å². The van der Waals surface area contributed by atoms with Gasteiger partial charge in [-0.2, -0.15) is 13.2 Å². The van der Waals surface area contributed by atoms with Crippen LogP contribution in [0.3, 0.4) is 0 Å². The molecule has 0 radical (unpaired) electrons. The summed E-state index contributed by atoms with van der Waals surface area (Å²) in [6.45, 7) is -0.542. The van der Waals surface area contributed by atoms with Gasteiger partial charge in [-0.1, -0.05) is 11.6 Å². The highest BCUT2D eigenvalue weighted by Gasteiger charge is 2.37. The number of nitrogens with zero attached hydrogens (tertiary/aromatic N) is 4. The fourth-order valence-corrected chi connectivity index (χ4v) is 4.05. The van der Waals surface area contributed by atoms with Crippen LogP contribution in [0.1, 0.15) is 5.56 Å². The van der Waals surface area contributed by atoms with Crippen molar-refractivity contribution in [2.75, 3.05) is 43.3 Å². The van der Waals surface area contributed by atoms with Gasteiger partial charge in [0.25, 0.3) is 0 Å². The minimum absolute atomic E-state index is 0.0411. The van der Waals surface area contributed by atoms with Crippen molar-refractivity contribution in [1.29, 1.82) is 0 Å². The largest absolute Gasteiger partial charge is 0.457 e. The van der Waals surface area contributed by atoms with Crippen LogP contribution >= 0.6 is 11.6 Å². The molecule has 212 valence electrons. The Balaban J connectivity index is 1.60. The molecule has 0 saturated carbocycles. The third-order valence-corrected chi connectivity index (χ3v) is 6.01. The molecular weight excluding hydrogens is 562 g/mol. The fraction of sp³-hybridized carbons (Fsp3) is 0.240. The van der Waals surface area contributed by atoms with Crippen LogP contribution in [0.15, 0.2) is 54.7 Å². The molecule has 0 atom stereocenters. The number of ether oxygens (including phenoxy) is 2. The monoisotopic (exact) mass is 583 g/mol. The standard InChI is InChI=1S/C25H22ClF4N5O5/c1-31-23(37)40-22-12-17(6-7-32-22)39-16-3-5-21(20(27)11-16)35-14-33(8-9-36)13-34(24(35)38)15-2-4-19(26)18(10-15)25(28,29)30/h2-7,10-12,36H,8-9,13-14H2,1H3,(H,31,37). The van der Waals surface area contributed by atoms with Gasteiger partial charge in [-0.15, -0.1) is 0 Å². The van der Waals surface area contributed by atoms with E-state index in [1.54, 1.807) is 4.90 Å². The van der Waals surface area contributed by atoms with Crippen molar-refractivity contribution >= 4 is 35.1 Å². The molecule has 0 unspecified atom stereocenters. The van der Waals surface area contributed by atoms with Crippen molar-refractivity contribution in [3.63, 3.8) is 0 Å². The molecule has 1 fully saturated rings. The highest BCUT2D eigenvalue weighted by atomic mass is 35.5. The summed E-state index contributed by atoms with van der Waals surface area (Å²) in [7, 11) is 1.37. The van der Waals surface area contributed by atoms with Crippen LogP contribution in [0.5, 0.6) is 17.4 Å². The number of nitrogens with one attached hydrogen (secondary N) is 1. The van der Waals surface area contributed by atoms with Gasteiger partial charge in [0.15, 0.2) is 5.82 Å². The van der Waals surface area contributed by atoms with Crippen molar-refractivity contribution in [2.45, 2.75) is 6.18 Å². The highest BCUT2D eigenvalue weighted by molar-refractivity contribution is 6.31. The summed E-state index contributed by atoms with van der Waals surface area (Å²) in [5, 5.41) is 11.2. The summed E-state index contributed by atoms with van der Waals surface area (Å²) in [5.41, 5.74) is -1.41. The summed E-state index contributed by atoms with van der Waals surface area (Å²) in [6.07, 6.45) is -4.19. The first-order chi connectivity index (χ1) is 19.0. The number of anilines is 2. The number of benzene rings is 2. The van der Waals surface area contributed by atoms with E-state index in [9.17, 15) is 27.9 Å². The molecule has 0 aliphatic carbocycles. The second kappa shape index (κ2) is 11.9. The molecule has 1 aliphatic rings. The molecule has 2 N–H and O–H groups in total. The number of aliphatic hydroxyl groups excluding tert-OH is 1. The fourth-order valence-electron chi connectivity index (χ4n) is 3.83. The van der Waals surface area contributed by atoms with E-state index in [0.717, 1.165) is 28.0 Å². The van der Waals surface area contributed by atoms with E-state index >= 15 is 4.39 Å². The molecule has 1 aromatic heterocycles. The number of hydrogen-bond donors (Lipinski definition) is 2. The predicted molar refractivity (Wildman–Crippen MR) is 136 cm³/mol. The lowest BCUT2D eigenvalue weighted by Crippen LogP contribution is -2.59. The number of amides is 3. The maximum Gasteiger partial charge on any atom is 0.417 e. The van der Waals surface area contributed by atoms with Gasteiger partial charge in [-0.3, -0.25) is 14.7 Å². The van der Waals surface area contributed by atoms with Gasteiger partial charge in [-0.25, -0.2) is 19.0 Å². The number of carbonyl (C=O) groups is 2. The number of β-amino-alcohol motifs (C(OH)–C–C–N with tert-alkyl or cyclic N) is 1. The lowest BCUT2D eigenvalue weighted by Gasteiger charge is -2.42. The van der Waals surface area contributed by atoms with Gasteiger partial charge >= 0.3 is 18.3 Å². The quantitative estimate of drug-likeness (QED) is 0.375. The number of rotatable bonds is 7. The van der Waals surface area contributed by atoms with Crippen LogP contribution in [0.2, 0.25) is 5.02 Å². The predicted octanol–water partition coefficient (Wildman–Crippen LogP) is 5.06. The molecule has 3 amide bonds. The molecule has 1 aliphatic heterocycles. The molecule has 40 heavy (non-hydrogen) atoms. The SMILES string of the molecule is CNC(=O)Oc1cc(Oc2ccc(N3CN(CCO)CN(c4ccc(Cl)c(C(F)(F)F)c4)C3=O)c(F)c2)ccn1. The van der Waals surface area contributed by atoms with E-state index in [0.29, 0.717) is 0 Å². The van der Waals surface area contributed by atoms with Crippen LogP contribution in [-0.4, -0.2) is 60.7 Å². The van der Waals surface area contributed by atoms with E-state index < -0.39 is 34.7 Å². The second-order valence-corrected chi connectivity index (χ2v) is 8.79. The average Bonchev–Trinajstić information content (AvgIpc) is 2.90. The van der Waals surface area contributed by atoms with Crippen molar-refractivity contribution in [2.24, 2.45) is 0 Å². The van der Waals surface area contributed by atoms with Gasteiger partial charge in [-0.05, 0) is 36.4 Å². The van der Waals surface area contributed by atoms with E-state index in [2.05, 4.69) is 10.3 Å². The summed E-state index contributed by atoms with van der Waals surface area (Å²) >= 11 is 5.72. The third kappa shape index (κ3) is 6.52. The zero-order chi connectivity index (χ0) is 29.0. The molecule has 3 aromatic rings. The summed E-state index contributed by atoms with van der Waals surface area (Å²) < 4.78 is 66.2. The van der Waals surface area contributed by atoms with Crippen molar-refractivity contribution in [3.05, 3.63) is 71.1 Å². The number of carbonyl (C=O) groups excluding carboxylic acids is 2. The number of halogens is 5. The molecule has 0 spiro atoms. The lowest BCUT2D eigenvalue weighted by atomic mass is 10.1. The zero-order valence-corrected chi connectivity index (χ0v) is 21.5. The first kappa shape index (κ1) is 28.9. The summed E-state index contributed by atoms with van der Waals surface area (Å²) in [6, 6.07) is 8.65. The maximum atomic E-state index is 15.3. The van der Waals surface area contributed by atoms with Crippen molar-refractivity contribution in [3.8, 4) is 17.4 Å². The Morgan fingerprint density at radius 3 is 2.50 bits per heavy atom. The smallest absolute Gasteiger partial charge is 0.417 e. The molecule has 0 bridgehead atoms. The molecular formula is C25H22ClF4N5O5. The number of aliphatic hydroxyl groups is 1. The van der Waals surface area contributed by atoms with Crippen molar-refractivity contribution in [1.82, 2.24) is 15.2 Å². The third-order valence-electron chi connectivity index (χ3n) is 5.68. The van der Waals surface area contributed by atoms with Crippen LogP contribution in [-0.2, 0) is 6.18 Å². The number of alkyl halides is 3. The van der Waals surface area contributed by atoms with E-state index in [4.69, 9.17) is 21.1 Å². The second-order valence-electron chi connectivity index (χ2n) is 8.39. The maximum absolute atomic E-state index is 15.3. The average molecular weight is 584 g/mol. The minimum Gasteiger partial charge on any atom is -0.457 e. The highest BCUT2D eigenvalue weighted by Crippen LogP contribution is 2.38. The first-order valence-corrected chi connectivity index (χ1v) is 12.0. The number of hydrogen-bond acceptors (Lipinski definition) is 7. The van der Waals surface area contributed by atoms with Gasteiger partial charge < -0.3 is 19.9 Å². The van der Waals surface area contributed by atoms with E-state index in [1.165, 1.54) is 43.6 Å². The summed E-state index contributed by atoms with van der Waals surface area (Å²) in [5.74, 6) is -0.703. The van der Waals surface area contributed by atoms with Gasteiger partial charge in [0.05, 0.1) is 36.2 Å². The molecule has 2 aromatic carbocycles. The normalized spacial score (nSPS) is 14.3. The van der Waals surface area contributed by atoms with Crippen molar-refractivity contribution < 1.29 is 41.7 Å². The summed E-state index contributed by atoms with van der Waals surface area (Å²) in [4.78, 5) is 32.3. The molecule has 10 nitrogen and oxygen atoms in total. The van der Waals surface area contributed by atoms with Gasteiger partial charge in [0.1, 0.15) is 11.5 Å². The number of aromatic nitrogens is 1. The minimum atomic E-state index is -4.76. The van der Waals surface area contributed by atoms with E-state index in [1.807, 2.05) is 0 Å². The molecule has 2 heterocycles. The first-order valence-electron chi connectivity index (χ1n) is 11.6. The topological polar surface area (TPSA) is 107 Å². The Morgan fingerprint density at radius 1 is 1.10 bits per heavy atom. The van der Waals surface area contributed by atoms with Crippen LogP contribution in [0, 0.1) is 5.82 Å². The zero-order valence-electron chi connectivity index (χ0n) is 20.8. The Bertz CT molecular complexity index is 1410. The molecule has 4 rings (SSSR count). The van der Waals surface area contributed by atoms with Crippen LogP contribution in [0.4, 0.5) is 38.5 Å². The Morgan fingerprint density at radius 2 is 1.82 bits per heavy atom.